The third kappa shape index (κ3) is 5.21. The van der Waals surface area contributed by atoms with Crippen LogP contribution in [0.5, 0.6) is 17.5 Å². The van der Waals surface area contributed by atoms with Gasteiger partial charge in [0.05, 0.1) is 29.1 Å². The summed E-state index contributed by atoms with van der Waals surface area (Å²) in [6.07, 6.45) is 7.98. The molecule has 0 unspecified atom stereocenters. The van der Waals surface area contributed by atoms with Crippen LogP contribution in [0.4, 0.5) is 23.8 Å². The summed E-state index contributed by atoms with van der Waals surface area (Å²) in [5, 5.41) is 4.74. The summed E-state index contributed by atoms with van der Waals surface area (Å²) < 4.78 is 70.5. The van der Waals surface area contributed by atoms with Crippen LogP contribution < -0.4 is 24.4 Å². The highest BCUT2D eigenvalue weighted by Gasteiger charge is 2.50. The van der Waals surface area contributed by atoms with Gasteiger partial charge in [0.15, 0.2) is 5.82 Å². The van der Waals surface area contributed by atoms with Gasteiger partial charge in [-0.25, -0.2) is 18.0 Å². The van der Waals surface area contributed by atoms with Crippen molar-refractivity contribution in [2.24, 2.45) is 0 Å². The van der Waals surface area contributed by atoms with Gasteiger partial charge in [-0.2, -0.15) is 9.97 Å². The minimum absolute atomic E-state index is 0.00523. The third-order valence-corrected chi connectivity index (χ3v) is 11.2. The normalized spacial score (nSPS) is 26.4. The molecule has 4 fully saturated rings. The van der Waals surface area contributed by atoms with Crippen molar-refractivity contribution in [1.29, 1.82) is 0 Å². The number of benzene rings is 3. The van der Waals surface area contributed by atoms with Crippen LogP contribution in [0.2, 0.25) is 0 Å². The number of carbonyl (C=O) groups excluding carboxylic acids is 1. The first-order valence-electron chi connectivity index (χ1n) is 17.5. The third-order valence-electron chi connectivity index (χ3n) is 11.2. The van der Waals surface area contributed by atoms with E-state index < -0.39 is 29.5 Å². The Balaban J connectivity index is 1.24. The summed E-state index contributed by atoms with van der Waals surface area (Å²) in [5.41, 5.74) is -0.417. The van der Waals surface area contributed by atoms with Crippen molar-refractivity contribution in [3.05, 3.63) is 47.5 Å². The lowest BCUT2D eigenvalue weighted by molar-refractivity contribution is 0.104. The van der Waals surface area contributed by atoms with Crippen molar-refractivity contribution >= 4 is 33.6 Å². The number of hydrogen-bond donors (Lipinski definition) is 1. The second-order valence-electron chi connectivity index (χ2n) is 14.2. The molecular weight excluding hydrogens is 663 g/mol. The lowest BCUT2D eigenvalue weighted by atomic mass is 9.92. The molecule has 13 heteroatoms. The number of nitrogens with zero attached hydrogens (tertiary/aromatic N) is 4. The first-order valence-corrected chi connectivity index (χ1v) is 17.5. The van der Waals surface area contributed by atoms with Gasteiger partial charge in [0.1, 0.15) is 48.0 Å². The van der Waals surface area contributed by atoms with Gasteiger partial charge in [0.25, 0.3) is 0 Å². The first kappa shape index (κ1) is 32.1. The number of carbonyl (C=O) groups is 1. The molecular formula is C38H36F3N5O5. The molecule has 264 valence electrons. The van der Waals surface area contributed by atoms with Crippen molar-refractivity contribution in [2.45, 2.75) is 68.9 Å². The fraction of sp³-hybridized carbons (Fsp3) is 0.447. The molecule has 0 saturated carbocycles. The van der Waals surface area contributed by atoms with Crippen molar-refractivity contribution in [3.8, 4) is 41.0 Å². The van der Waals surface area contributed by atoms with Crippen LogP contribution in [0.1, 0.15) is 44.6 Å². The van der Waals surface area contributed by atoms with Crippen LogP contribution in [-0.4, -0.2) is 90.3 Å². The molecule has 6 heterocycles. The maximum atomic E-state index is 17.4. The summed E-state index contributed by atoms with van der Waals surface area (Å²) in [6.45, 7) is 4.00. The zero-order valence-corrected chi connectivity index (χ0v) is 28.0. The van der Waals surface area contributed by atoms with E-state index in [0.717, 1.165) is 32.2 Å². The lowest BCUT2D eigenvalue weighted by Gasteiger charge is -2.40. The predicted molar refractivity (Wildman–Crippen MR) is 183 cm³/mol. The average Bonchev–Trinajstić information content (AvgIpc) is 3.75. The van der Waals surface area contributed by atoms with Crippen LogP contribution in [0.3, 0.4) is 0 Å². The molecule has 4 saturated heterocycles. The Bertz CT molecular complexity index is 2140. The number of fused-ring (bicyclic) bond motifs is 7. The maximum absolute atomic E-state index is 17.4. The molecule has 10 nitrogen and oxygen atoms in total. The van der Waals surface area contributed by atoms with Gasteiger partial charge in [0.2, 0.25) is 0 Å². The largest absolute Gasteiger partial charge is 0.513 e. The zero-order valence-electron chi connectivity index (χ0n) is 28.0. The lowest BCUT2D eigenvalue weighted by Crippen LogP contribution is -2.60. The van der Waals surface area contributed by atoms with Gasteiger partial charge in [-0.15, -0.1) is 6.42 Å². The molecule has 5 atom stereocenters. The van der Waals surface area contributed by atoms with Crippen LogP contribution in [0, 0.1) is 24.0 Å². The molecule has 3 aromatic carbocycles. The maximum Gasteiger partial charge on any atom is 0.513 e. The Labute approximate surface area is 292 Å². The second-order valence-corrected chi connectivity index (χ2v) is 14.2. The van der Waals surface area contributed by atoms with Crippen LogP contribution in [0.25, 0.3) is 32.8 Å². The van der Waals surface area contributed by atoms with Gasteiger partial charge in [-0.3, -0.25) is 4.90 Å². The molecule has 5 aliphatic rings. The van der Waals surface area contributed by atoms with E-state index in [-0.39, 0.29) is 70.7 Å². The van der Waals surface area contributed by atoms with Crippen molar-refractivity contribution in [1.82, 2.24) is 20.2 Å². The number of nitrogens with one attached hydrogen (secondary N) is 1. The molecule has 2 bridgehead atoms. The van der Waals surface area contributed by atoms with E-state index in [0.29, 0.717) is 48.5 Å². The summed E-state index contributed by atoms with van der Waals surface area (Å²) in [4.78, 5) is 26.3. The summed E-state index contributed by atoms with van der Waals surface area (Å²) in [5.74, 6) is 1.91. The van der Waals surface area contributed by atoms with E-state index >= 15 is 8.78 Å². The standard InChI is InChI=1S/C38H36F3N5O5/c1-3-24-27(40)8-6-20-12-23(51-37(47)48-4-2)13-25(31(20)24)26-14-30-32-34(33(26)41)43-36(50-19-38-10-5-11-45(38)16-21(39)15-38)44-35(32)46-17-22-7-9-28(42-22)29(46)18-49-30/h1,6,8,12-14,21-22,28-29,42H,4-5,7,9-11,15-19H2,2H3/t21-,22-,28+,29-,38+/m1/s1. The molecule has 0 aliphatic carbocycles. The van der Waals surface area contributed by atoms with E-state index in [1.807, 2.05) is 0 Å². The highest BCUT2D eigenvalue weighted by molar-refractivity contribution is 6.06. The molecule has 0 amide bonds. The van der Waals surface area contributed by atoms with Gasteiger partial charge in [0, 0.05) is 42.5 Å². The smallest absolute Gasteiger partial charge is 0.491 e. The second kappa shape index (κ2) is 12.2. The number of piperazine rings is 1. The molecule has 9 rings (SSSR count). The molecule has 4 aromatic rings. The highest BCUT2D eigenvalue weighted by Crippen LogP contribution is 2.47. The van der Waals surface area contributed by atoms with Crippen molar-refractivity contribution in [2.75, 3.05) is 44.4 Å². The van der Waals surface area contributed by atoms with Gasteiger partial charge in [-0.05, 0) is 74.4 Å². The number of rotatable bonds is 6. The van der Waals surface area contributed by atoms with E-state index in [4.69, 9.17) is 30.4 Å². The van der Waals surface area contributed by atoms with Gasteiger partial charge < -0.3 is 29.2 Å². The fourth-order valence-corrected chi connectivity index (χ4v) is 9.02. The van der Waals surface area contributed by atoms with Crippen molar-refractivity contribution in [3.63, 3.8) is 0 Å². The molecule has 51 heavy (non-hydrogen) atoms. The average molecular weight is 700 g/mol. The molecule has 5 aliphatic heterocycles. The Morgan fingerprint density at radius 2 is 2.04 bits per heavy atom. The van der Waals surface area contributed by atoms with E-state index in [2.05, 4.69) is 26.0 Å². The van der Waals surface area contributed by atoms with Crippen LogP contribution in [-0.2, 0) is 4.74 Å². The summed E-state index contributed by atoms with van der Waals surface area (Å²) in [7, 11) is 0. The number of halogens is 3. The summed E-state index contributed by atoms with van der Waals surface area (Å²) >= 11 is 0. The number of ether oxygens (including phenoxy) is 4. The van der Waals surface area contributed by atoms with Crippen molar-refractivity contribution < 1.29 is 36.9 Å². The predicted octanol–water partition coefficient (Wildman–Crippen LogP) is 5.90. The number of alkyl halides is 1. The monoisotopic (exact) mass is 699 g/mol. The van der Waals surface area contributed by atoms with E-state index in [1.54, 1.807) is 13.0 Å². The summed E-state index contributed by atoms with van der Waals surface area (Å²) in [6, 6.07) is 7.47. The number of terminal acetylenes is 1. The molecule has 1 N–H and O–H groups in total. The Morgan fingerprint density at radius 1 is 1.16 bits per heavy atom. The SMILES string of the molecule is C#Cc1c(F)ccc2cc(OC(=O)OCC)cc(-c3cc4c5c(nc(OC[C@@]67CCCN6C[C@H](F)C7)nc5c3F)N3C[C@H]5CC[C@H](N5)[C@H]3CO4)c12. The molecule has 0 radical (unpaired) electrons. The van der Waals surface area contributed by atoms with Crippen LogP contribution in [0.15, 0.2) is 30.3 Å². The van der Waals surface area contributed by atoms with E-state index in [1.165, 1.54) is 24.3 Å². The topological polar surface area (TPSA) is 98.3 Å². The van der Waals surface area contributed by atoms with Crippen LogP contribution >= 0.6 is 0 Å². The Hall–Kier alpha value is -4.80. The zero-order chi connectivity index (χ0) is 35.0. The number of hydrogen-bond acceptors (Lipinski definition) is 10. The Morgan fingerprint density at radius 3 is 2.88 bits per heavy atom. The van der Waals surface area contributed by atoms with Gasteiger partial charge >= 0.3 is 12.2 Å². The minimum atomic E-state index is -0.948. The van der Waals surface area contributed by atoms with Gasteiger partial charge in [-0.1, -0.05) is 12.0 Å². The van der Waals surface area contributed by atoms with E-state index in [9.17, 15) is 9.18 Å². The minimum Gasteiger partial charge on any atom is -0.491 e. The Kier molecular flexibility index (Phi) is 7.66. The quantitative estimate of drug-likeness (QED) is 0.149. The fourth-order valence-electron chi connectivity index (χ4n) is 9.02. The molecule has 0 spiro atoms. The number of anilines is 1. The number of aromatic nitrogens is 2. The highest BCUT2D eigenvalue weighted by atomic mass is 19.1. The molecule has 1 aromatic heterocycles. The first-order chi connectivity index (χ1) is 24.7.